The number of thioether (sulfide) groups is 1. The number of nitrogens with zero attached hydrogens (tertiary/aromatic N) is 2. The minimum absolute atomic E-state index is 0.0684. The maximum Gasteiger partial charge on any atom is 0.285 e. The van der Waals surface area contributed by atoms with Crippen LogP contribution in [-0.2, 0) is 9.59 Å². The van der Waals surface area contributed by atoms with E-state index in [0.717, 1.165) is 16.8 Å². The third kappa shape index (κ3) is 3.44. The van der Waals surface area contributed by atoms with Crippen LogP contribution < -0.4 is 5.43 Å². The number of hydrogen-bond donors (Lipinski definition) is 1. The van der Waals surface area contributed by atoms with Crippen molar-refractivity contribution in [2.45, 2.75) is 6.92 Å². The molecule has 0 atom stereocenters. The van der Waals surface area contributed by atoms with Crippen molar-refractivity contribution in [3.8, 4) is 0 Å². The second-order valence-electron chi connectivity index (χ2n) is 4.04. The Hall–Kier alpha value is -2.26. The summed E-state index contributed by atoms with van der Waals surface area (Å²) >= 11 is 6.02. The van der Waals surface area contributed by atoms with E-state index in [2.05, 4.69) is 5.43 Å². The predicted molar refractivity (Wildman–Crippen MR) is 81.9 cm³/mol. The van der Waals surface area contributed by atoms with Crippen LogP contribution in [0.5, 0.6) is 0 Å². The SMILES string of the molecule is CC(=O)NN1C(=O)/C(=C/c2cccc([N+](=O)[O-])c2)SC1=S. The van der Waals surface area contributed by atoms with Crippen LogP contribution in [0.4, 0.5) is 5.69 Å². The Kier molecular flexibility index (Phi) is 4.34. The van der Waals surface area contributed by atoms with Gasteiger partial charge >= 0.3 is 0 Å². The lowest BCUT2D eigenvalue weighted by atomic mass is 10.2. The number of hydrazine groups is 1. The van der Waals surface area contributed by atoms with E-state index < -0.39 is 16.7 Å². The number of carbonyl (C=O) groups is 2. The molecule has 1 heterocycles. The summed E-state index contributed by atoms with van der Waals surface area (Å²) in [5, 5.41) is 11.7. The number of nitrogens with one attached hydrogen (secondary N) is 1. The normalized spacial score (nSPS) is 16.4. The average Bonchev–Trinajstić information content (AvgIpc) is 2.66. The van der Waals surface area contributed by atoms with Crippen molar-refractivity contribution < 1.29 is 14.5 Å². The van der Waals surface area contributed by atoms with Gasteiger partial charge in [-0.25, -0.2) is 0 Å². The van der Waals surface area contributed by atoms with Crippen molar-refractivity contribution in [2.75, 3.05) is 0 Å². The van der Waals surface area contributed by atoms with E-state index in [1.54, 1.807) is 6.07 Å². The van der Waals surface area contributed by atoms with Gasteiger partial charge in [0, 0.05) is 19.1 Å². The standard InChI is InChI=1S/C12H9N3O4S2/c1-7(16)13-14-11(17)10(21-12(14)20)6-8-3-2-4-9(5-8)15(18)19/h2-6H,1H3,(H,13,16)/b10-6-. The third-order valence-corrected chi connectivity index (χ3v) is 3.74. The Balaban J connectivity index is 2.28. The number of benzene rings is 1. The molecule has 0 aromatic heterocycles. The van der Waals surface area contributed by atoms with Gasteiger partial charge < -0.3 is 0 Å². The highest BCUT2D eigenvalue weighted by atomic mass is 32.2. The van der Waals surface area contributed by atoms with Crippen LogP contribution in [0.25, 0.3) is 6.08 Å². The van der Waals surface area contributed by atoms with Crippen LogP contribution in [0.3, 0.4) is 0 Å². The molecule has 2 rings (SSSR count). The number of rotatable bonds is 3. The van der Waals surface area contributed by atoms with Gasteiger partial charge in [-0.15, -0.1) is 0 Å². The fourth-order valence-electron chi connectivity index (χ4n) is 1.60. The summed E-state index contributed by atoms with van der Waals surface area (Å²) in [5.74, 6) is -0.880. The molecule has 1 N–H and O–H groups in total. The molecular formula is C12H9N3O4S2. The average molecular weight is 323 g/mol. The minimum atomic E-state index is -0.514. The van der Waals surface area contributed by atoms with Gasteiger partial charge in [0.2, 0.25) is 5.91 Å². The van der Waals surface area contributed by atoms with Gasteiger partial charge in [0.25, 0.3) is 11.6 Å². The summed E-state index contributed by atoms with van der Waals surface area (Å²) in [4.78, 5) is 33.6. The number of non-ortho nitro benzene ring substituents is 1. The van der Waals surface area contributed by atoms with E-state index in [1.165, 1.54) is 31.2 Å². The maximum absolute atomic E-state index is 12.1. The highest BCUT2D eigenvalue weighted by Crippen LogP contribution is 2.31. The molecule has 0 spiro atoms. The van der Waals surface area contributed by atoms with Gasteiger partial charge in [-0.1, -0.05) is 23.9 Å². The molecule has 0 radical (unpaired) electrons. The Bertz CT molecular complexity index is 687. The largest absolute Gasteiger partial charge is 0.285 e. The van der Waals surface area contributed by atoms with Gasteiger partial charge in [-0.3, -0.25) is 25.1 Å². The van der Waals surface area contributed by atoms with Crippen molar-refractivity contribution in [3.63, 3.8) is 0 Å². The first-order valence-corrected chi connectivity index (χ1v) is 6.90. The van der Waals surface area contributed by atoms with E-state index in [1.807, 2.05) is 0 Å². The lowest BCUT2D eigenvalue weighted by Crippen LogP contribution is -2.43. The molecule has 0 unspecified atom stereocenters. The molecule has 108 valence electrons. The van der Waals surface area contributed by atoms with Crippen LogP contribution in [0, 0.1) is 10.1 Å². The maximum atomic E-state index is 12.1. The monoisotopic (exact) mass is 323 g/mol. The molecule has 1 saturated heterocycles. The van der Waals surface area contributed by atoms with Crippen LogP contribution >= 0.6 is 24.0 Å². The van der Waals surface area contributed by atoms with Crippen molar-refractivity contribution in [1.29, 1.82) is 0 Å². The molecule has 1 aromatic carbocycles. The number of carbonyl (C=O) groups excluding carboxylic acids is 2. The van der Waals surface area contributed by atoms with Gasteiger partial charge in [-0.05, 0) is 23.9 Å². The second kappa shape index (κ2) is 6.02. The van der Waals surface area contributed by atoms with E-state index in [-0.39, 0.29) is 14.9 Å². The Morgan fingerprint density at radius 2 is 2.24 bits per heavy atom. The Labute approximate surface area is 129 Å². The van der Waals surface area contributed by atoms with E-state index >= 15 is 0 Å². The third-order valence-electron chi connectivity index (χ3n) is 2.44. The van der Waals surface area contributed by atoms with Gasteiger partial charge in [-0.2, -0.15) is 5.01 Å². The van der Waals surface area contributed by atoms with Gasteiger partial charge in [0.1, 0.15) is 0 Å². The summed E-state index contributed by atoms with van der Waals surface area (Å²) in [6.45, 7) is 1.27. The lowest BCUT2D eigenvalue weighted by Gasteiger charge is -2.13. The lowest BCUT2D eigenvalue weighted by molar-refractivity contribution is -0.384. The Morgan fingerprint density at radius 3 is 2.86 bits per heavy atom. The number of hydrogen-bond acceptors (Lipinski definition) is 6. The fraction of sp³-hybridized carbons (Fsp3) is 0.0833. The molecule has 7 nitrogen and oxygen atoms in total. The first-order chi connectivity index (χ1) is 9.88. The molecule has 2 amide bonds. The minimum Gasteiger partial charge on any atom is -0.274 e. The first kappa shape index (κ1) is 15.1. The Morgan fingerprint density at radius 1 is 1.52 bits per heavy atom. The van der Waals surface area contributed by atoms with Crippen molar-refractivity contribution >= 4 is 51.9 Å². The molecule has 1 aliphatic heterocycles. The van der Waals surface area contributed by atoms with Crippen LogP contribution in [0.1, 0.15) is 12.5 Å². The zero-order valence-electron chi connectivity index (χ0n) is 10.7. The van der Waals surface area contributed by atoms with E-state index in [9.17, 15) is 19.7 Å². The van der Waals surface area contributed by atoms with Gasteiger partial charge in [0.05, 0.1) is 9.83 Å². The molecular weight excluding hydrogens is 314 g/mol. The summed E-state index contributed by atoms with van der Waals surface area (Å²) in [6, 6.07) is 5.88. The molecule has 0 aliphatic carbocycles. The molecule has 21 heavy (non-hydrogen) atoms. The fourth-order valence-corrected chi connectivity index (χ4v) is 2.78. The number of amides is 2. The quantitative estimate of drug-likeness (QED) is 0.395. The summed E-state index contributed by atoms with van der Waals surface area (Å²) < 4.78 is 0.201. The molecule has 0 saturated carbocycles. The highest BCUT2D eigenvalue weighted by Gasteiger charge is 2.33. The van der Waals surface area contributed by atoms with Crippen LogP contribution in [0.2, 0.25) is 0 Å². The molecule has 0 bridgehead atoms. The zero-order valence-corrected chi connectivity index (χ0v) is 12.4. The predicted octanol–water partition coefficient (Wildman–Crippen LogP) is 1.85. The van der Waals surface area contributed by atoms with Crippen molar-refractivity contribution in [3.05, 3.63) is 44.8 Å². The highest BCUT2D eigenvalue weighted by molar-refractivity contribution is 8.26. The van der Waals surface area contributed by atoms with E-state index in [4.69, 9.17) is 12.2 Å². The second-order valence-corrected chi connectivity index (χ2v) is 5.71. The van der Waals surface area contributed by atoms with Gasteiger partial charge in [0.15, 0.2) is 4.32 Å². The van der Waals surface area contributed by atoms with Crippen LogP contribution in [0.15, 0.2) is 29.2 Å². The number of nitro groups is 1. The smallest absolute Gasteiger partial charge is 0.274 e. The molecule has 1 aromatic rings. The number of thiocarbonyl (C=S) groups is 1. The molecule has 1 aliphatic rings. The van der Waals surface area contributed by atoms with E-state index in [0.29, 0.717) is 5.56 Å². The zero-order chi connectivity index (χ0) is 15.6. The summed E-state index contributed by atoms with van der Waals surface area (Å²) in [5.41, 5.74) is 2.76. The van der Waals surface area contributed by atoms with Crippen molar-refractivity contribution in [2.24, 2.45) is 0 Å². The number of nitro benzene ring substituents is 1. The summed E-state index contributed by atoms with van der Waals surface area (Å²) in [7, 11) is 0. The van der Waals surface area contributed by atoms with Crippen molar-refractivity contribution in [1.82, 2.24) is 10.4 Å². The molecule has 9 heteroatoms. The topological polar surface area (TPSA) is 92.6 Å². The van der Waals surface area contributed by atoms with Crippen LogP contribution in [-0.4, -0.2) is 26.1 Å². The molecule has 1 fully saturated rings. The first-order valence-electron chi connectivity index (χ1n) is 5.68. The summed E-state index contributed by atoms with van der Waals surface area (Å²) in [6.07, 6.45) is 1.49.